The maximum absolute atomic E-state index is 13.7. The van der Waals surface area contributed by atoms with Gasteiger partial charge in [0.1, 0.15) is 17.3 Å². The lowest BCUT2D eigenvalue weighted by Crippen LogP contribution is -2.26. The number of hydrogen-bond acceptors (Lipinski definition) is 1. The molecule has 18 heavy (non-hydrogen) atoms. The van der Waals surface area contributed by atoms with Crippen molar-refractivity contribution in [1.82, 2.24) is 0 Å². The summed E-state index contributed by atoms with van der Waals surface area (Å²) in [4.78, 5) is 0. The van der Waals surface area contributed by atoms with Crippen molar-refractivity contribution in [3.05, 3.63) is 28.2 Å². The van der Waals surface area contributed by atoms with Crippen molar-refractivity contribution in [3.8, 4) is 0 Å². The highest BCUT2D eigenvalue weighted by atomic mass is 79.9. The number of hydrogen-bond donors (Lipinski definition) is 1. The number of anilines is 1. The van der Waals surface area contributed by atoms with Crippen molar-refractivity contribution in [2.75, 3.05) is 5.32 Å². The zero-order chi connectivity index (χ0) is 13.1. The van der Waals surface area contributed by atoms with Gasteiger partial charge in [0.15, 0.2) is 0 Å². The van der Waals surface area contributed by atoms with E-state index in [0.717, 1.165) is 31.6 Å². The van der Waals surface area contributed by atoms with Crippen LogP contribution in [-0.2, 0) is 0 Å². The Hall–Kier alpha value is -0.640. The molecule has 0 spiro atoms. The zero-order valence-corrected chi connectivity index (χ0v) is 12.1. The molecule has 100 valence electrons. The Balaban J connectivity index is 2.02. The summed E-state index contributed by atoms with van der Waals surface area (Å²) in [6.07, 6.45) is 5.48. The summed E-state index contributed by atoms with van der Waals surface area (Å²) < 4.78 is 27.8. The lowest BCUT2D eigenvalue weighted by Gasteiger charge is -2.29. The van der Waals surface area contributed by atoms with Gasteiger partial charge in [0.05, 0.1) is 0 Å². The van der Waals surface area contributed by atoms with Gasteiger partial charge in [0.25, 0.3) is 0 Å². The van der Waals surface area contributed by atoms with Gasteiger partial charge in [-0.2, -0.15) is 0 Å². The van der Waals surface area contributed by atoms with Crippen LogP contribution in [0.2, 0.25) is 0 Å². The summed E-state index contributed by atoms with van der Waals surface area (Å²) >= 11 is 3.08. The molecule has 1 N–H and O–H groups in total. The normalized spacial score (nSPS) is 24.0. The van der Waals surface area contributed by atoms with Gasteiger partial charge in [0.2, 0.25) is 0 Å². The molecule has 0 bridgehead atoms. The topological polar surface area (TPSA) is 12.0 Å². The molecule has 0 atom stereocenters. The molecule has 1 aliphatic rings. The fraction of sp³-hybridized carbons (Fsp3) is 0.571. The summed E-state index contributed by atoms with van der Waals surface area (Å²) in [6.45, 7) is 2.20. The van der Waals surface area contributed by atoms with E-state index in [9.17, 15) is 8.78 Å². The first kappa shape index (κ1) is 13.8. The lowest BCUT2D eigenvalue weighted by molar-refractivity contribution is 0.329. The van der Waals surface area contributed by atoms with Gasteiger partial charge in [-0.25, -0.2) is 8.78 Å². The molecular weight excluding hydrogens is 300 g/mol. The molecule has 0 aromatic heterocycles. The Morgan fingerprint density at radius 1 is 1.17 bits per heavy atom. The van der Waals surface area contributed by atoms with E-state index in [4.69, 9.17) is 0 Å². The van der Waals surface area contributed by atoms with Crippen molar-refractivity contribution in [2.24, 2.45) is 5.92 Å². The summed E-state index contributed by atoms with van der Waals surface area (Å²) in [7, 11) is 0. The zero-order valence-electron chi connectivity index (χ0n) is 10.5. The van der Waals surface area contributed by atoms with Crippen LogP contribution >= 0.6 is 15.9 Å². The number of halogens is 3. The van der Waals surface area contributed by atoms with Crippen LogP contribution in [-0.4, -0.2) is 6.04 Å². The minimum atomic E-state index is -0.528. The molecule has 0 aliphatic heterocycles. The van der Waals surface area contributed by atoms with Crippen molar-refractivity contribution in [1.29, 1.82) is 0 Å². The van der Waals surface area contributed by atoms with E-state index in [0.29, 0.717) is 4.47 Å². The smallest absolute Gasteiger partial charge is 0.150 e. The summed E-state index contributed by atoms with van der Waals surface area (Å²) in [5.74, 6) is -0.276. The average Bonchev–Trinajstić information content (AvgIpc) is 2.34. The first-order chi connectivity index (χ1) is 8.60. The Kier molecular flexibility index (Phi) is 4.60. The van der Waals surface area contributed by atoms with Gasteiger partial charge < -0.3 is 5.32 Å². The second kappa shape index (κ2) is 6.00. The molecule has 1 aromatic rings. The van der Waals surface area contributed by atoms with Gasteiger partial charge >= 0.3 is 0 Å². The molecule has 1 aromatic carbocycles. The van der Waals surface area contributed by atoms with Crippen LogP contribution in [0.1, 0.15) is 39.0 Å². The molecule has 0 heterocycles. The molecule has 0 saturated heterocycles. The molecule has 4 heteroatoms. The fourth-order valence-electron chi connectivity index (χ4n) is 2.60. The Morgan fingerprint density at radius 3 is 2.22 bits per heavy atom. The molecule has 1 aliphatic carbocycles. The number of nitrogens with one attached hydrogen (secondary N) is 1. The monoisotopic (exact) mass is 317 g/mol. The highest BCUT2D eigenvalue weighted by Gasteiger charge is 2.22. The van der Waals surface area contributed by atoms with E-state index >= 15 is 0 Å². The van der Waals surface area contributed by atoms with Crippen molar-refractivity contribution >= 4 is 21.6 Å². The molecule has 2 rings (SSSR count). The maximum atomic E-state index is 13.7. The Bertz CT molecular complexity index is 391. The van der Waals surface area contributed by atoms with Crippen LogP contribution in [0, 0.1) is 17.6 Å². The van der Waals surface area contributed by atoms with Gasteiger partial charge in [-0.1, -0.05) is 29.3 Å². The van der Waals surface area contributed by atoms with Crippen LogP contribution in [0.3, 0.4) is 0 Å². The molecule has 1 saturated carbocycles. The lowest BCUT2D eigenvalue weighted by atomic mass is 9.84. The van der Waals surface area contributed by atoms with Crippen LogP contribution < -0.4 is 5.32 Å². The third-order valence-corrected chi connectivity index (χ3v) is 4.24. The van der Waals surface area contributed by atoms with Crippen LogP contribution in [0.4, 0.5) is 14.5 Å². The molecule has 0 amide bonds. The first-order valence-corrected chi connectivity index (χ1v) is 7.30. The van der Waals surface area contributed by atoms with Crippen LogP contribution in [0.5, 0.6) is 0 Å². The standard InChI is InChI=1S/C14H18BrF2N/c1-2-9-3-5-11(6-4-9)18-14-12(16)7-10(15)8-13(14)17/h7-9,11,18H,2-6H2,1H3. The molecule has 0 radical (unpaired) electrons. The van der Waals surface area contributed by atoms with E-state index in [1.165, 1.54) is 18.6 Å². The Labute approximate surface area is 115 Å². The predicted molar refractivity (Wildman–Crippen MR) is 73.7 cm³/mol. The average molecular weight is 318 g/mol. The molecular formula is C14H18BrF2N. The largest absolute Gasteiger partial charge is 0.378 e. The van der Waals surface area contributed by atoms with Crippen molar-refractivity contribution < 1.29 is 8.78 Å². The number of benzene rings is 1. The second-order valence-electron chi connectivity index (χ2n) is 5.01. The quantitative estimate of drug-likeness (QED) is 0.817. The first-order valence-electron chi connectivity index (χ1n) is 6.51. The van der Waals surface area contributed by atoms with Crippen molar-refractivity contribution in [3.63, 3.8) is 0 Å². The van der Waals surface area contributed by atoms with Gasteiger partial charge in [-0.05, 0) is 43.7 Å². The molecule has 1 fully saturated rings. The maximum Gasteiger partial charge on any atom is 0.150 e. The van der Waals surface area contributed by atoms with Crippen LogP contribution in [0.25, 0.3) is 0 Å². The van der Waals surface area contributed by atoms with E-state index in [-0.39, 0.29) is 11.7 Å². The third kappa shape index (κ3) is 3.22. The molecule has 1 nitrogen and oxygen atoms in total. The van der Waals surface area contributed by atoms with Crippen molar-refractivity contribution in [2.45, 2.75) is 45.1 Å². The predicted octanol–water partition coefficient (Wildman–Crippen LogP) is 5.11. The minimum absolute atomic E-state index is 0.0122. The number of rotatable bonds is 3. The SMILES string of the molecule is CCC1CCC(Nc2c(F)cc(Br)cc2F)CC1. The third-order valence-electron chi connectivity index (χ3n) is 3.78. The van der Waals surface area contributed by atoms with E-state index in [2.05, 4.69) is 28.2 Å². The molecule has 0 unspecified atom stereocenters. The van der Waals surface area contributed by atoms with E-state index < -0.39 is 11.6 Å². The summed E-state index contributed by atoms with van der Waals surface area (Å²) in [6, 6.07) is 2.78. The fourth-order valence-corrected chi connectivity index (χ4v) is 3.00. The summed E-state index contributed by atoms with van der Waals surface area (Å²) in [5.41, 5.74) is 0.0122. The van der Waals surface area contributed by atoms with E-state index in [1.54, 1.807) is 0 Å². The van der Waals surface area contributed by atoms with E-state index in [1.807, 2.05) is 0 Å². The Morgan fingerprint density at radius 2 is 1.72 bits per heavy atom. The highest BCUT2D eigenvalue weighted by Crippen LogP contribution is 2.31. The van der Waals surface area contributed by atoms with Crippen LogP contribution in [0.15, 0.2) is 16.6 Å². The second-order valence-corrected chi connectivity index (χ2v) is 5.93. The summed E-state index contributed by atoms with van der Waals surface area (Å²) in [5, 5.41) is 3.02. The van der Waals surface area contributed by atoms with Gasteiger partial charge in [-0.15, -0.1) is 0 Å². The van der Waals surface area contributed by atoms with Gasteiger partial charge in [-0.3, -0.25) is 0 Å². The minimum Gasteiger partial charge on any atom is -0.378 e. The van der Waals surface area contributed by atoms with Gasteiger partial charge in [0, 0.05) is 10.5 Å². The highest BCUT2D eigenvalue weighted by molar-refractivity contribution is 9.10.